The average Bonchev–Trinajstić information content (AvgIpc) is 3.16. The third-order valence-electron chi connectivity index (χ3n) is 9.63. The van der Waals surface area contributed by atoms with E-state index in [-0.39, 0.29) is 68.5 Å². The Morgan fingerprint density at radius 3 is 2.00 bits per heavy atom. The molecule has 4 aromatic carbocycles. The van der Waals surface area contributed by atoms with Crippen molar-refractivity contribution in [3.63, 3.8) is 0 Å². The van der Waals surface area contributed by atoms with Crippen LogP contribution in [0.15, 0.2) is 103 Å². The zero-order chi connectivity index (χ0) is 36.2. The van der Waals surface area contributed by atoms with Gasteiger partial charge in [0, 0.05) is 44.4 Å². The minimum Gasteiger partial charge on any atom is -0.473 e. The van der Waals surface area contributed by atoms with E-state index in [1.807, 2.05) is 60.7 Å². The normalized spacial score (nSPS) is 17.6. The van der Waals surface area contributed by atoms with Gasteiger partial charge in [-0.2, -0.15) is 4.98 Å². The highest BCUT2D eigenvalue weighted by atomic mass is 19.3. The summed E-state index contributed by atoms with van der Waals surface area (Å²) < 4.78 is 88.0. The van der Waals surface area contributed by atoms with Crippen LogP contribution in [-0.4, -0.2) is 69.0 Å². The standard InChI is InChI=1S/C40H36BF5N4O2/c41-31-13-15-34(38(44)37(31)43)48-19-21-49(22-20-48)35-17-18-50(26-40(35,45)46)33-14-11-29(23-32(33)42)30-12-16-36(51-24-27-7-3-1-4-8-27)47-39(30)52-25-28-9-5-2-6-10-28/h1-16,23,35H,17-22,24-26H2. The number of hydrogen-bond donors (Lipinski definition) is 0. The SMILES string of the molecule is [B]c1ccc(N2CCN(C3CCN(c4ccc(-c5ccc(OCc6ccccc6)nc5OCc5ccccc5)cc4F)CC3(F)F)CC2)c(F)c1F. The minimum atomic E-state index is -3.15. The average molecular weight is 711 g/mol. The number of benzene rings is 4. The molecule has 6 nitrogen and oxygen atoms in total. The van der Waals surface area contributed by atoms with Crippen molar-refractivity contribution in [1.82, 2.24) is 9.88 Å². The molecule has 0 aliphatic carbocycles. The van der Waals surface area contributed by atoms with E-state index in [9.17, 15) is 8.78 Å². The molecular formula is C40H36BF5N4O2. The molecule has 2 radical (unpaired) electrons. The van der Waals surface area contributed by atoms with E-state index in [2.05, 4.69) is 4.98 Å². The largest absolute Gasteiger partial charge is 0.473 e. The van der Waals surface area contributed by atoms with Crippen LogP contribution >= 0.6 is 0 Å². The van der Waals surface area contributed by atoms with Crippen molar-refractivity contribution >= 4 is 24.7 Å². The Labute approximate surface area is 300 Å². The van der Waals surface area contributed by atoms with E-state index in [1.54, 1.807) is 28.0 Å². The summed E-state index contributed by atoms with van der Waals surface area (Å²) in [7, 11) is 5.47. The summed E-state index contributed by atoms with van der Waals surface area (Å²) in [4.78, 5) is 9.31. The van der Waals surface area contributed by atoms with Gasteiger partial charge in [-0.15, -0.1) is 0 Å². The molecule has 7 rings (SSSR count). The summed E-state index contributed by atoms with van der Waals surface area (Å²) in [5.74, 6) is -5.37. The molecule has 2 aliphatic heterocycles. The first kappa shape index (κ1) is 35.3. The Hall–Kier alpha value is -5.10. The number of piperazine rings is 1. The van der Waals surface area contributed by atoms with Crippen molar-refractivity contribution in [3.05, 3.63) is 132 Å². The number of ether oxygens (including phenoxy) is 2. The van der Waals surface area contributed by atoms with Crippen LogP contribution in [0, 0.1) is 17.5 Å². The van der Waals surface area contributed by atoms with E-state index < -0.39 is 36.0 Å². The van der Waals surface area contributed by atoms with Gasteiger partial charge in [0.2, 0.25) is 11.8 Å². The second-order valence-corrected chi connectivity index (χ2v) is 13.0. The van der Waals surface area contributed by atoms with Gasteiger partial charge >= 0.3 is 0 Å². The predicted molar refractivity (Wildman–Crippen MR) is 192 cm³/mol. The second kappa shape index (κ2) is 15.3. The lowest BCUT2D eigenvalue weighted by atomic mass is 9.94. The van der Waals surface area contributed by atoms with Crippen molar-refractivity contribution in [2.24, 2.45) is 0 Å². The number of rotatable bonds is 10. The van der Waals surface area contributed by atoms with E-state index >= 15 is 13.2 Å². The third-order valence-corrected chi connectivity index (χ3v) is 9.63. The fourth-order valence-corrected chi connectivity index (χ4v) is 6.88. The smallest absolute Gasteiger partial charge is 0.280 e. The number of hydrogen-bond acceptors (Lipinski definition) is 6. The second-order valence-electron chi connectivity index (χ2n) is 13.0. The summed E-state index contributed by atoms with van der Waals surface area (Å²) in [6.07, 6.45) is 0.102. The molecular weight excluding hydrogens is 674 g/mol. The zero-order valence-electron chi connectivity index (χ0n) is 28.3. The van der Waals surface area contributed by atoms with Gasteiger partial charge in [0.05, 0.1) is 24.0 Å². The number of pyridine rings is 1. The van der Waals surface area contributed by atoms with Crippen LogP contribution in [0.3, 0.4) is 0 Å². The van der Waals surface area contributed by atoms with Gasteiger partial charge in [-0.3, -0.25) is 4.90 Å². The highest BCUT2D eigenvalue weighted by molar-refractivity contribution is 6.32. The Morgan fingerprint density at radius 2 is 1.35 bits per heavy atom. The lowest BCUT2D eigenvalue weighted by Gasteiger charge is -2.47. The molecule has 12 heteroatoms. The monoisotopic (exact) mass is 710 g/mol. The van der Waals surface area contributed by atoms with Gasteiger partial charge in [0.1, 0.15) is 26.9 Å². The number of alkyl halides is 2. The molecule has 2 saturated heterocycles. The molecule has 2 aliphatic rings. The Bertz CT molecular complexity index is 2000. The molecule has 52 heavy (non-hydrogen) atoms. The van der Waals surface area contributed by atoms with E-state index in [0.29, 0.717) is 23.6 Å². The fraction of sp³-hybridized carbons (Fsp3) is 0.275. The molecule has 5 aromatic rings. The number of anilines is 2. The van der Waals surface area contributed by atoms with Crippen molar-refractivity contribution in [1.29, 1.82) is 0 Å². The van der Waals surface area contributed by atoms with Gasteiger partial charge in [0.15, 0.2) is 11.6 Å². The summed E-state index contributed by atoms with van der Waals surface area (Å²) in [5.41, 5.74) is 2.75. The summed E-state index contributed by atoms with van der Waals surface area (Å²) in [5, 5.41) is 0. The van der Waals surface area contributed by atoms with Crippen LogP contribution in [0.5, 0.6) is 11.8 Å². The van der Waals surface area contributed by atoms with E-state index in [1.165, 1.54) is 29.2 Å². The molecule has 2 fully saturated rings. The van der Waals surface area contributed by atoms with Gasteiger partial charge in [-0.05, 0) is 47.4 Å². The van der Waals surface area contributed by atoms with Crippen LogP contribution < -0.4 is 24.7 Å². The number of halogens is 5. The number of aromatic nitrogens is 1. The molecule has 0 saturated carbocycles. The molecule has 3 heterocycles. The molecule has 0 amide bonds. The quantitative estimate of drug-likeness (QED) is 0.113. The first-order valence-corrected chi connectivity index (χ1v) is 17.2. The first-order chi connectivity index (χ1) is 25.2. The fourth-order valence-electron chi connectivity index (χ4n) is 6.88. The molecule has 1 aromatic heterocycles. The van der Waals surface area contributed by atoms with Crippen LogP contribution in [-0.2, 0) is 13.2 Å². The molecule has 266 valence electrons. The summed E-state index contributed by atoms with van der Waals surface area (Å²) in [6, 6.07) is 28.8. The van der Waals surface area contributed by atoms with Crippen molar-refractivity contribution in [2.45, 2.75) is 31.6 Å². The Balaban J connectivity index is 1.04. The van der Waals surface area contributed by atoms with Crippen molar-refractivity contribution < 1.29 is 31.4 Å². The third kappa shape index (κ3) is 7.72. The molecule has 1 atom stereocenters. The number of piperidine rings is 1. The molecule has 0 spiro atoms. The van der Waals surface area contributed by atoms with Crippen LogP contribution in [0.4, 0.5) is 33.3 Å². The number of nitrogens with zero attached hydrogens (tertiary/aromatic N) is 4. The zero-order valence-corrected chi connectivity index (χ0v) is 28.3. The van der Waals surface area contributed by atoms with Crippen LogP contribution in [0.2, 0.25) is 0 Å². The molecule has 0 bridgehead atoms. The van der Waals surface area contributed by atoms with Gasteiger partial charge < -0.3 is 19.3 Å². The highest BCUT2D eigenvalue weighted by Crippen LogP contribution is 2.38. The van der Waals surface area contributed by atoms with Crippen molar-refractivity contribution in [2.75, 3.05) is 49.1 Å². The lowest BCUT2D eigenvalue weighted by molar-refractivity contribution is -0.0892. The predicted octanol–water partition coefficient (Wildman–Crippen LogP) is 7.15. The Morgan fingerprint density at radius 1 is 0.692 bits per heavy atom. The first-order valence-electron chi connectivity index (χ1n) is 17.2. The van der Waals surface area contributed by atoms with Gasteiger partial charge in [-0.1, -0.05) is 78.3 Å². The lowest BCUT2D eigenvalue weighted by Crippen LogP contribution is -2.62. The van der Waals surface area contributed by atoms with Gasteiger partial charge in [0.25, 0.3) is 5.92 Å². The van der Waals surface area contributed by atoms with E-state index in [0.717, 1.165) is 11.1 Å². The van der Waals surface area contributed by atoms with E-state index in [4.69, 9.17) is 17.3 Å². The maximum Gasteiger partial charge on any atom is 0.280 e. The maximum absolute atomic E-state index is 15.8. The molecule has 0 N–H and O–H groups in total. The van der Waals surface area contributed by atoms with Gasteiger partial charge in [-0.25, -0.2) is 22.0 Å². The molecule has 1 unspecified atom stereocenters. The van der Waals surface area contributed by atoms with Crippen molar-refractivity contribution in [3.8, 4) is 22.9 Å². The van der Waals surface area contributed by atoms with Crippen LogP contribution in [0.25, 0.3) is 11.1 Å². The topological polar surface area (TPSA) is 41.1 Å². The summed E-state index contributed by atoms with van der Waals surface area (Å²) >= 11 is 0. The Kier molecular flexibility index (Phi) is 10.4. The summed E-state index contributed by atoms with van der Waals surface area (Å²) in [6.45, 7) is 1.07. The van der Waals surface area contributed by atoms with Crippen LogP contribution in [0.1, 0.15) is 17.5 Å². The highest BCUT2D eigenvalue weighted by Gasteiger charge is 2.48. The minimum absolute atomic E-state index is 0.0600. The maximum atomic E-state index is 15.8.